The van der Waals surface area contributed by atoms with Gasteiger partial charge in [-0.25, -0.2) is 0 Å². The predicted octanol–water partition coefficient (Wildman–Crippen LogP) is 6.10. The molecule has 0 N–H and O–H groups in total. The molecule has 4 aromatic carbocycles. The molecule has 4 aromatic rings. The van der Waals surface area contributed by atoms with Gasteiger partial charge < -0.3 is 4.90 Å². The number of carbonyl (C=O) groups excluding carboxylic acids is 3. The highest BCUT2D eigenvalue weighted by Gasteiger charge is 2.32. The monoisotopic (exact) mass is 476 g/mol. The number of hydrogen-bond donors (Lipinski definition) is 0. The van der Waals surface area contributed by atoms with E-state index in [1.54, 1.807) is 17.0 Å². The first-order valence-corrected chi connectivity index (χ1v) is 12.2. The summed E-state index contributed by atoms with van der Waals surface area (Å²) >= 11 is 0. The second kappa shape index (κ2) is 9.42. The highest BCUT2D eigenvalue weighted by molar-refractivity contribution is 6.25. The number of nitrogens with zero attached hydrogens (tertiary/aromatic N) is 2. The largest absolute Gasteiger partial charge is 0.308 e. The van der Waals surface area contributed by atoms with E-state index in [0.717, 1.165) is 33.2 Å². The summed E-state index contributed by atoms with van der Waals surface area (Å²) in [6.07, 6.45) is 0.459. The van der Waals surface area contributed by atoms with Crippen LogP contribution in [0.5, 0.6) is 0 Å². The Balaban J connectivity index is 1.41. The van der Waals surface area contributed by atoms with Crippen LogP contribution in [0, 0.1) is 20.8 Å². The Bertz CT molecular complexity index is 1470. The van der Waals surface area contributed by atoms with Gasteiger partial charge >= 0.3 is 0 Å². The Labute approximate surface area is 211 Å². The summed E-state index contributed by atoms with van der Waals surface area (Å²) in [5.41, 5.74) is 5.67. The van der Waals surface area contributed by atoms with Crippen molar-refractivity contribution in [3.63, 3.8) is 0 Å². The van der Waals surface area contributed by atoms with E-state index in [1.165, 1.54) is 4.90 Å². The maximum atomic E-state index is 13.6. The summed E-state index contributed by atoms with van der Waals surface area (Å²) in [5.74, 6) is -0.670. The summed E-state index contributed by atoms with van der Waals surface area (Å²) in [4.78, 5) is 43.2. The van der Waals surface area contributed by atoms with Crippen molar-refractivity contribution in [1.82, 2.24) is 4.90 Å². The molecular formula is C31H28N2O3. The first-order valence-electron chi connectivity index (χ1n) is 12.2. The van der Waals surface area contributed by atoms with E-state index in [9.17, 15) is 14.4 Å². The zero-order chi connectivity index (χ0) is 25.4. The van der Waals surface area contributed by atoms with Crippen LogP contribution in [-0.2, 0) is 0 Å². The van der Waals surface area contributed by atoms with Crippen LogP contribution in [-0.4, -0.2) is 35.7 Å². The molecule has 1 aliphatic rings. The van der Waals surface area contributed by atoms with Crippen molar-refractivity contribution in [2.75, 3.05) is 18.0 Å². The van der Waals surface area contributed by atoms with Crippen LogP contribution in [0.1, 0.15) is 54.2 Å². The van der Waals surface area contributed by atoms with Crippen molar-refractivity contribution >= 4 is 34.2 Å². The van der Waals surface area contributed by atoms with E-state index >= 15 is 0 Å². The van der Waals surface area contributed by atoms with E-state index in [-0.39, 0.29) is 24.3 Å². The highest BCUT2D eigenvalue weighted by Crippen LogP contribution is 2.30. The SMILES string of the molecule is Cc1cccc(C(=O)N(CCCN2C(=O)c3cccc4cccc(c34)C2=O)c2ccc(C)cc2C)c1. The van der Waals surface area contributed by atoms with Gasteiger partial charge in [0.25, 0.3) is 17.7 Å². The third kappa shape index (κ3) is 4.17. The van der Waals surface area contributed by atoms with Gasteiger partial charge in [0.2, 0.25) is 0 Å². The molecular weight excluding hydrogens is 448 g/mol. The van der Waals surface area contributed by atoms with Crippen LogP contribution in [0.25, 0.3) is 10.8 Å². The molecule has 0 saturated carbocycles. The molecule has 5 nitrogen and oxygen atoms in total. The summed E-state index contributed by atoms with van der Waals surface area (Å²) < 4.78 is 0. The summed E-state index contributed by atoms with van der Waals surface area (Å²) in [6, 6.07) is 24.6. The lowest BCUT2D eigenvalue weighted by molar-refractivity contribution is 0.0610. The number of carbonyl (C=O) groups is 3. The lowest BCUT2D eigenvalue weighted by Crippen LogP contribution is -2.42. The van der Waals surface area contributed by atoms with Crippen molar-refractivity contribution in [2.24, 2.45) is 0 Å². The molecule has 0 fully saturated rings. The van der Waals surface area contributed by atoms with Gasteiger partial charge in [0.15, 0.2) is 0 Å². The van der Waals surface area contributed by atoms with Gasteiger partial charge in [-0.15, -0.1) is 0 Å². The van der Waals surface area contributed by atoms with Crippen LogP contribution in [0.2, 0.25) is 0 Å². The fourth-order valence-corrected chi connectivity index (χ4v) is 5.04. The van der Waals surface area contributed by atoms with Crippen molar-refractivity contribution in [3.05, 3.63) is 112 Å². The number of hydrogen-bond acceptors (Lipinski definition) is 3. The van der Waals surface area contributed by atoms with Crippen molar-refractivity contribution in [3.8, 4) is 0 Å². The van der Waals surface area contributed by atoms with Crippen molar-refractivity contribution < 1.29 is 14.4 Å². The standard InChI is InChI=1S/C31H28N2O3/c1-20-8-4-11-24(19-20)29(34)32(27-15-14-21(2)18-22(27)3)16-7-17-33-30(35)25-12-5-9-23-10-6-13-26(28(23)25)31(33)36/h4-6,8-15,18-19H,7,16-17H2,1-3H3. The highest BCUT2D eigenvalue weighted by atomic mass is 16.2. The van der Waals surface area contributed by atoms with Crippen LogP contribution < -0.4 is 4.90 Å². The lowest BCUT2D eigenvalue weighted by Gasteiger charge is -2.29. The number of anilines is 1. The molecule has 180 valence electrons. The Morgan fingerprint density at radius 2 is 1.42 bits per heavy atom. The molecule has 1 aliphatic heterocycles. The van der Waals surface area contributed by atoms with E-state index in [2.05, 4.69) is 6.07 Å². The molecule has 0 spiro atoms. The van der Waals surface area contributed by atoms with Gasteiger partial charge in [0.05, 0.1) is 0 Å². The Hall–Kier alpha value is -4.25. The smallest absolute Gasteiger partial charge is 0.261 e. The van der Waals surface area contributed by atoms with Gasteiger partial charge in [-0.05, 0) is 68.5 Å². The first kappa shape index (κ1) is 23.5. The van der Waals surface area contributed by atoms with E-state index in [1.807, 2.05) is 81.4 Å². The van der Waals surface area contributed by atoms with E-state index in [4.69, 9.17) is 0 Å². The zero-order valence-corrected chi connectivity index (χ0v) is 20.7. The minimum atomic E-state index is -0.285. The maximum absolute atomic E-state index is 13.6. The van der Waals surface area contributed by atoms with Crippen molar-refractivity contribution in [2.45, 2.75) is 27.2 Å². The molecule has 0 atom stereocenters. The average molecular weight is 477 g/mol. The number of benzene rings is 4. The van der Waals surface area contributed by atoms with Gasteiger partial charge in [0, 0.05) is 40.9 Å². The number of aryl methyl sites for hydroxylation is 3. The quantitative estimate of drug-likeness (QED) is 0.316. The second-order valence-electron chi connectivity index (χ2n) is 9.44. The fourth-order valence-electron chi connectivity index (χ4n) is 5.04. The molecule has 0 saturated heterocycles. The maximum Gasteiger partial charge on any atom is 0.261 e. The predicted molar refractivity (Wildman–Crippen MR) is 143 cm³/mol. The molecule has 1 heterocycles. The topological polar surface area (TPSA) is 57.7 Å². The molecule has 0 unspecified atom stereocenters. The summed E-state index contributed by atoms with van der Waals surface area (Å²) in [7, 11) is 0. The Morgan fingerprint density at radius 1 is 0.778 bits per heavy atom. The van der Waals surface area contributed by atoms with Gasteiger partial charge in [0.1, 0.15) is 0 Å². The van der Waals surface area contributed by atoms with E-state index in [0.29, 0.717) is 29.7 Å². The molecule has 0 radical (unpaired) electrons. The molecule has 5 heteroatoms. The van der Waals surface area contributed by atoms with E-state index < -0.39 is 0 Å². The lowest BCUT2D eigenvalue weighted by atomic mass is 9.94. The van der Waals surface area contributed by atoms with Crippen LogP contribution in [0.15, 0.2) is 78.9 Å². The van der Waals surface area contributed by atoms with Crippen LogP contribution in [0.4, 0.5) is 5.69 Å². The molecule has 0 bridgehead atoms. The molecule has 3 amide bonds. The van der Waals surface area contributed by atoms with Gasteiger partial charge in [-0.1, -0.05) is 59.7 Å². The Morgan fingerprint density at radius 3 is 2.06 bits per heavy atom. The summed E-state index contributed by atoms with van der Waals surface area (Å²) in [6.45, 7) is 6.58. The van der Waals surface area contributed by atoms with Crippen LogP contribution >= 0.6 is 0 Å². The minimum absolute atomic E-state index is 0.0999. The molecule has 36 heavy (non-hydrogen) atoms. The third-order valence-corrected chi connectivity index (χ3v) is 6.77. The van der Waals surface area contributed by atoms with Crippen molar-refractivity contribution in [1.29, 1.82) is 0 Å². The first-order chi connectivity index (χ1) is 17.3. The van der Waals surface area contributed by atoms with Gasteiger partial charge in [-0.2, -0.15) is 0 Å². The fraction of sp³-hybridized carbons (Fsp3) is 0.194. The Kier molecular flexibility index (Phi) is 6.15. The van der Waals surface area contributed by atoms with Gasteiger partial charge in [-0.3, -0.25) is 19.3 Å². The zero-order valence-electron chi connectivity index (χ0n) is 20.7. The number of imide groups is 1. The normalized spacial score (nSPS) is 12.8. The third-order valence-electron chi connectivity index (χ3n) is 6.77. The van der Waals surface area contributed by atoms with Crippen LogP contribution in [0.3, 0.4) is 0 Å². The number of rotatable bonds is 6. The summed E-state index contributed by atoms with van der Waals surface area (Å²) in [5, 5.41) is 1.61. The molecule has 0 aliphatic carbocycles. The minimum Gasteiger partial charge on any atom is -0.308 e. The molecule has 5 rings (SSSR count). The average Bonchev–Trinajstić information content (AvgIpc) is 2.87. The molecule has 0 aromatic heterocycles. The second-order valence-corrected chi connectivity index (χ2v) is 9.44. The number of amides is 3.